The number of carbonyl (C=O) groups excluding carboxylic acids is 2. The van der Waals surface area contributed by atoms with Crippen LogP contribution >= 0.6 is 11.8 Å². The predicted molar refractivity (Wildman–Crippen MR) is 97.5 cm³/mol. The van der Waals surface area contributed by atoms with Crippen molar-refractivity contribution in [1.82, 2.24) is 9.55 Å². The Kier molecular flexibility index (Phi) is 7.06. The van der Waals surface area contributed by atoms with Crippen LogP contribution in [0.4, 0.5) is 5.69 Å². The molecule has 0 aliphatic heterocycles. The Morgan fingerprint density at radius 1 is 1.21 bits per heavy atom. The van der Waals surface area contributed by atoms with Gasteiger partial charge in [0.2, 0.25) is 5.91 Å². The fourth-order valence-electron chi connectivity index (χ4n) is 2.20. The van der Waals surface area contributed by atoms with Crippen molar-refractivity contribution >= 4 is 29.1 Å². The third-order valence-corrected chi connectivity index (χ3v) is 4.67. The monoisotopic (exact) mass is 345 g/mol. The maximum absolute atomic E-state index is 12.2. The molecular weight excluding hydrogens is 322 g/mol. The second kappa shape index (κ2) is 9.27. The lowest BCUT2D eigenvalue weighted by Gasteiger charge is -2.06. The van der Waals surface area contributed by atoms with Gasteiger partial charge in [0.15, 0.2) is 10.9 Å². The number of rotatable bonds is 9. The molecule has 0 bridgehead atoms. The summed E-state index contributed by atoms with van der Waals surface area (Å²) in [5.74, 6) is 0.407. The lowest BCUT2D eigenvalue weighted by molar-refractivity contribution is -0.116. The van der Waals surface area contributed by atoms with E-state index in [1.54, 1.807) is 30.5 Å². The summed E-state index contributed by atoms with van der Waals surface area (Å²) in [5.41, 5.74) is 1.37. The first-order chi connectivity index (χ1) is 11.6. The average Bonchev–Trinajstić information content (AvgIpc) is 2.98. The Bertz CT molecular complexity index is 680. The average molecular weight is 345 g/mol. The van der Waals surface area contributed by atoms with E-state index in [0.717, 1.165) is 30.1 Å². The molecule has 0 spiro atoms. The van der Waals surface area contributed by atoms with Gasteiger partial charge in [-0.3, -0.25) is 9.59 Å². The van der Waals surface area contributed by atoms with Gasteiger partial charge in [-0.25, -0.2) is 4.98 Å². The number of benzene rings is 1. The molecule has 0 unspecified atom stereocenters. The van der Waals surface area contributed by atoms with E-state index >= 15 is 0 Å². The molecule has 1 heterocycles. The quantitative estimate of drug-likeness (QED) is 0.425. The third kappa shape index (κ3) is 5.53. The molecule has 0 fully saturated rings. The van der Waals surface area contributed by atoms with Crippen LogP contribution in [0.15, 0.2) is 41.8 Å². The van der Waals surface area contributed by atoms with E-state index in [0.29, 0.717) is 17.7 Å². The Morgan fingerprint density at radius 3 is 2.58 bits per heavy atom. The zero-order chi connectivity index (χ0) is 17.4. The highest BCUT2D eigenvalue weighted by atomic mass is 32.2. The van der Waals surface area contributed by atoms with Crippen molar-refractivity contribution in [1.29, 1.82) is 0 Å². The Morgan fingerprint density at radius 2 is 1.96 bits per heavy atom. The van der Waals surface area contributed by atoms with Crippen molar-refractivity contribution in [3.05, 3.63) is 42.2 Å². The first kappa shape index (κ1) is 18.3. The molecule has 2 rings (SSSR count). The van der Waals surface area contributed by atoms with Crippen LogP contribution in [-0.4, -0.2) is 27.0 Å². The van der Waals surface area contributed by atoms with Gasteiger partial charge in [-0.2, -0.15) is 0 Å². The van der Waals surface area contributed by atoms with Crippen LogP contribution in [0.3, 0.4) is 0 Å². The zero-order valence-electron chi connectivity index (χ0n) is 14.1. The molecule has 128 valence electrons. The molecular formula is C18H23N3O2S. The summed E-state index contributed by atoms with van der Waals surface area (Å²) in [6, 6.07) is 7.05. The summed E-state index contributed by atoms with van der Waals surface area (Å²) in [4.78, 5) is 28.2. The summed E-state index contributed by atoms with van der Waals surface area (Å²) >= 11 is 1.42. The van der Waals surface area contributed by atoms with Crippen molar-refractivity contribution < 1.29 is 9.59 Å². The van der Waals surface area contributed by atoms with Crippen molar-refractivity contribution in [2.75, 3.05) is 11.1 Å². The molecule has 2 aromatic rings. The number of unbranched alkanes of at least 4 members (excludes halogenated alkanes) is 2. The number of amides is 1. The number of imidazole rings is 1. The van der Waals surface area contributed by atoms with Crippen LogP contribution in [0.5, 0.6) is 0 Å². The molecule has 0 saturated heterocycles. The Balaban J connectivity index is 1.83. The van der Waals surface area contributed by atoms with E-state index in [4.69, 9.17) is 0 Å². The predicted octanol–water partition coefficient (Wildman–Crippen LogP) is 3.91. The minimum atomic E-state index is 0.0212. The topological polar surface area (TPSA) is 64.0 Å². The fraction of sp³-hybridized carbons (Fsp3) is 0.389. The zero-order valence-corrected chi connectivity index (χ0v) is 14.9. The van der Waals surface area contributed by atoms with Crippen LogP contribution < -0.4 is 5.32 Å². The number of Topliss-reactive ketones (excluding diaryl/α,β-unsaturated/α-hetero) is 1. The van der Waals surface area contributed by atoms with Crippen molar-refractivity contribution in [2.45, 2.75) is 37.8 Å². The number of hydrogen-bond acceptors (Lipinski definition) is 4. The minimum Gasteiger partial charge on any atom is -0.329 e. The molecule has 1 amide bonds. The first-order valence-corrected chi connectivity index (χ1v) is 9.12. The number of aryl methyl sites for hydroxylation is 1. The first-order valence-electron chi connectivity index (χ1n) is 8.13. The maximum atomic E-state index is 12.2. The Labute approximate surface area is 146 Å². The van der Waals surface area contributed by atoms with Crippen molar-refractivity contribution in [3.63, 3.8) is 0 Å². The number of aromatic nitrogens is 2. The van der Waals surface area contributed by atoms with Gasteiger partial charge in [0.05, 0.1) is 5.75 Å². The molecule has 0 aliphatic rings. The summed E-state index contributed by atoms with van der Waals surface area (Å²) in [7, 11) is 1.90. The molecule has 0 aliphatic carbocycles. The van der Waals surface area contributed by atoms with Crippen LogP contribution in [0.1, 0.15) is 43.0 Å². The van der Waals surface area contributed by atoms with Gasteiger partial charge < -0.3 is 9.88 Å². The smallest absolute Gasteiger partial charge is 0.224 e. The van der Waals surface area contributed by atoms with Crippen LogP contribution in [0.25, 0.3) is 0 Å². The molecule has 1 aromatic carbocycles. The van der Waals surface area contributed by atoms with E-state index in [-0.39, 0.29) is 11.7 Å². The van der Waals surface area contributed by atoms with Gasteiger partial charge in [0, 0.05) is 37.1 Å². The fourth-order valence-corrected chi connectivity index (χ4v) is 3.03. The molecule has 6 heteroatoms. The maximum Gasteiger partial charge on any atom is 0.224 e. The van der Waals surface area contributed by atoms with Gasteiger partial charge in [0.25, 0.3) is 0 Å². The Hall–Kier alpha value is -2.08. The number of nitrogens with one attached hydrogen (secondary N) is 1. The lowest BCUT2D eigenvalue weighted by atomic mass is 10.1. The summed E-state index contributed by atoms with van der Waals surface area (Å²) < 4.78 is 1.88. The van der Waals surface area contributed by atoms with E-state index < -0.39 is 0 Å². The molecule has 1 aromatic heterocycles. The number of thioether (sulfide) groups is 1. The molecule has 0 atom stereocenters. The highest BCUT2D eigenvalue weighted by Crippen LogP contribution is 2.18. The second-order valence-corrected chi connectivity index (χ2v) is 6.56. The molecule has 5 nitrogen and oxygen atoms in total. The van der Waals surface area contributed by atoms with Gasteiger partial charge in [-0.15, -0.1) is 0 Å². The number of carbonyl (C=O) groups is 2. The lowest BCUT2D eigenvalue weighted by Crippen LogP contribution is -2.11. The number of hydrogen-bond donors (Lipinski definition) is 1. The largest absolute Gasteiger partial charge is 0.329 e. The van der Waals surface area contributed by atoms with E-state index in [9.17, 15) is 9.59 Å². The third-order valence-electron chi connectivity index (χ3n) is 3.61. The highest BCUT2D eigenvalue weighted by Gasteiger charge is 2.09. The number of anilines is 1. The van der Waals surface area contributed by atoms with E-state index in [2.05, 4.69) is 17.2 Å². The molecule has 0 radical (unpaired) electrons. The van der Waals surface area contributed by atoms with E-state index in [1.807, 2.05) is 17.8 Å². The summed E-state index contributed by atoms with van der Waals surface area (Å²) in [6.45, 7) is 2.11. The minimum absolute atomic E-state index is 0.0212. The van der Waals surface area contributed by atoms with Crippen LogP contribution in [0.2, 0.25) is 0 Å². The van der Waals surface area contributed by atoms with E-state index in [1.165, 1.54) is 11.8 Å². The highest BCUT2D eigenvalue weighted by molar-refractivity contribution is 7.99. The molecule has 1 N–H and O–H groups in total. The second-order valence-electron chi connectivity index (χ2n) is 5.62. The van der Waals surface area contributed by atoms with Crippen LogP contribution in [0, 0.1) is 0 Å². The SMILES string of the molecule is CCCCCC(=O)Nc1ccc(C(=O)CSc2nccn2C)cc1. The number of ketones is 1. The van der Waals surface area contributed by atoms with Gasteiger partial charge in [0.1, 0.15) is 0 Å². The van der Waals surface area contributed by atoms with Gasteiger partial charge >= 0.3 is 0 Å². The standard InChI is InChI=1S/C18H23N3O2S/c1-3-4-5-6-17(23)20-15-9-7-14(8-10-15)16(22)13-24-18-19-11-12-21(18)2/h7-12H,3-6,13H2,1-2H3,(H,20,23). The summed E-state index contributed by atoms with van der Waals surface area (Å²) in [5, 5.41) is 3.68. The molecule has 0 saturated carbocycles. The normalized spacial score (nSPS) is 10.6. The molecule has 24 heavy (non-hydrogen) atoms. The summed E-state index contributed by atoms with van der Waals surface area (Å²) in [6.07, 6.45) is 7.17. The van der Waals surface area contributed by atoms with Gasteiger partial charge in [-0.05, 0) is 30.7 Å². The van der Waals surface area contributed by atoms with Crippen molar-refractivity contribution in [2.24, 2.45) is 7.05 Å². The van der Waals surface area contributed by atoms with Gasteiger partial charge in [-0.1, -0.05) is 31.5 Å². The van der Waals surface area contributed by atoms with Crippen molar-refractivity contribution in [3.8, 4) is 0 Å². The number of nitrogens with zero attached hydrogens (tertiary/aromatic N) is 2. The van der Waals surface area contributed by atoms with Crippen LogP contribution in [-0.2, 0) is 11.8 Å².